The molecular formula is C13H8ClNS2. The summed E-state index contributed by atoms with van der Waals surface area (Å²) in [5.74, 6) is 0. The molecule has 1 aromatic carbocycles. The van der Waals surface area contributed by atoms with Crippen molar-refractivity contribution < 1.29 is 0 Å². The Hall–Kier alpha value is -1.16. The van der Waals surface area contributed by atoms with Crippen molar-refractivity contribution >= 4 is 34.3 Å². The molecule has 0 aliphatic heterocycles. The Balaban J connectivity index is 1.98. The first-order valence-corrected chi connectivity index (χ1v) is 7.21. The van der Waals surface area contributed by atoms with E-state index in [4.69, 9.17) is 11.6 Å². The summed E-state index contributed by atoms with van der Waals surface area (Å²) in [7, 11) is 0. The first kappa shape index (κ1) is 11.0. The minimum Gasteiger partial charge on any atom is -0.244 e. The zero-order valence-corrected chi connectivity index (χ0v) is 11.1. The second-order valence-corrected chi connectivity index (χ2v) is 5.80. The molecule has 0 unspecified atom stereocenters. The van der Waals surface area contributed by atoms with Crippen molar-refractivity contribution in [2.24, 2.45) is 0 Å². The first-order valence-electron chi connectivity index (χ1n) is 5.07. The molecule has 0 saturated heterocycles. The van der Waals surface area contributed by atoms with Crippen LogP contribution < -0.4 is 0 Å². The Morgan fingerprint density at radius 2 is 1.82 bits per heavy atom. The van der Waals surface area contributed by atoms with Gasteiger partial charge in [0.15, 0.2) is 0 Å². The standard InChI is InChI=1S/C13H8ClNS2/c14-11-3-1-9(2-4-11)12-7-15-13(17-12)10-5-6-16-8-10/h1-8H. The van der Waals surface area contributed by atoms with Gasteiger partial charge in [-0.1, -0.05) is 23.7 Å². The van der Waals surface area contributed by atoms with Gasteiger partial charge in [0.1, 0.15) is 5.01 Å². The fourth-order valence-electron chi connectivity index (χ4n) is 1.54. The van der Waals surface area contributed by atoms with Gasteiger partial charge in [-0.3, -0.25) is 0 Å². The summed E-state index contributed by atoms with van der Waals surface area (Å²) in [6.45, 7) is 0. The molecular weight excluding hydrogens is 270 g/mol. The molecule has 17 heavy (non-hydrogen) atoms. The van der Waals surface area contributed by atoms with Crippen molar-refractivity contribution in [1.29, 1.82) is 0 Å². The molecule has 0 saturated carbocycles. The third-order valence-corrected chi connectivity index (χ3v) is 4.43. The highest BCUT2D eigenvalue weighted by Crippen LogP contribution is 2.33. The molecule has 0 radical (unpaired) electrons. The third-order valence-electron chi connectivity index (χ3n) is 2.40. The second-order valence-electron chi connectivity index (χ2n) is 3.55. The third kappa shape index (κ3) is 2.27. The molecule has 4 heteroatoms. The van der Waals surface area contributed by atoms with E-state index in [2.05, 4.69) is 21.8 Å². The molecule has 0 amide bonds. The van der Waals surface area contributed by atoms with Gasteiger partial charge in [0.25, 0.3) is 0 Å². The number of benzene rings is 1. The van der Waals surface area contributed by atoms with Gasteiger partial charge < -0.3 is 0 Å². The van der Waals surface area contributed by atoms with E-state index in [-0.39, 0.29) is 0 Å². The predicted molar refractivity (Wildman–Crippen MR) is 75.9 cm³/mol. The van der Waals surface area contributed by atoms with Crippen LogP contribution in [0.5, 0.6) is 0 Å². The Morgan fingerprint density at radius 1 is 1.00 bits per heavy atom. The first-order chi connectivity index (χ1) is 8.33. The minimum atomic E-state index is 0.760. The number of thiophene rings is 1. The lowest BCUT2D eigenvalue weighted by molar-refractivity contribution is 1.42. The summed E-state index contributed by atoms with van der Waals surface area (Å²) >= 11 is 9.27. The Kier molecular flexibility index (Phi) is 2.97. The molecule has 3 aromatic rings. The van der Waals surface area contributed by atoms with Crippen molar-refractivity contribution in [3.63, 3.8) is 0 Å². The number of halogens is 1. The van der Waals surface area contributed by atoms with Gasteiger partial charge in [-0.25, -0.2) is 4.98 Å². The average Bonchev–Trinajstić information content (AvgIpc) is 3.00. The van der Waals surface area contributed by atoms with Crippen molar-refractivity contribution in [1.82, 2.24) is 4.98 Å². The van der Waals surface area contributed by atoms with Crippen LogP contribution in [0.3, 0.4) is 0 Å². The Morgan fingerprint density at radius 3 is 2.53 bits per heavy atom. The smallest absolute Gasteiger partial charge is 0.124 e. The van der Waals surface area contributed by atoms with Crippen LogP contribution in [0, 0.1) is 0 Å². The molecule has 3 rings (SSSR count). The van der Waals surface area contributed by atoms with Crippen LogP contribution in [0.4, 0.5) is 0 Å². The van der Waals surface area contributed by atoms with Gasteiger partial charge in [0.05, 0.1) is 4.88 Å². The normalized spacial score (nSPS) is 10.6. The SMILES string of the molecule is Clc1ccc(-c2cnc(-c3ccsc3)s2)cc1. The summed E-state index contributed by atoms with van der Waals surface area (Å²) in [5.41, 5.74) is 2.36. The van der Waals surface area contributed by atoms with E-state index in [1.54, 1.807) is 22.7 Å². The predicted octanol–water partition coefficient (Wildman–Crippen LogP) is 5.19. The van der Waals surface area contributed by atoms with E-state index >= 15 is 0 Å². The molecule has 84 valence electrons. The van der Waals surface area contributed by atoms with E-state index in [0.717, 1.165) is 15.6 Å². The highest BCUT2D eigenvalue weighted by molar-refractivity contribution is 7.18. The second kappa shape index (κ2) is 4.61. The highest BCUT2D eigenvalue weighted by Gasteiger charge is 2.06. The summed E-state index contributed by atoms with van der Waals surface area (Å²) in [6.07, 6.45) is 1.92. The van der Waals surface area contributed by atoms with Gasteiger partial charge in [-0.2, -0.15) is 11.3 Å². The summed E-state index contributed by atoms with van der Waals surface area (Å²) in [4.78, 5) is 5.62. The van der Waals surface area contributed by atoms with Crippen LogP contribution in [0.1, 0.15) is 0 Å². The van der Waals surface area contributed by atoms with E-state index in [0.29, 0.717) is 0 Å². The largest absolute Gasteiger partial charge is 0.244 e. The molecule has 0 aliphatic carbocycles. The average molecular weight is 278 g/mol. The summed E-state index contributed by atoms with van der Waals surface area (Å²) < 4.78 is 0. The van der Waals surface area contributed by atoms with Crippen LogP contribution in [-0.4, -0.2) is 4.98 Å². The number of rotatable bonds is 2. The lowest BCUT2D eigenvalue weighted by atomic mass is 10.2. The van der Waals surface area contributed by atoms with Crippen LogP contribution in [0.25, 0.3) is 21.0 Å². The van der Waals surface area contributed by atoms with Crippen molar-refractivity contribution in [2.75, 3.05) is 0 Å². The minimum absolute atomic E-state index is 0.760. The molecule has 0 aliphatic rings. The van der Waals surface area contributed by atoms with E-state index in [1.807, 2.05) is 30.5 Å². The fourth-order valence-corrected chi connectivity index (χ4v) is 3.30. The molecule has 1 nitrogen and oxygen atoms in total. The van der Waals surface area contributed by atoms with Gasteiger partial charge in [0.2, 0.25) is 0 Å². The maximum atomic E-state index is 5.87. The Labute approximate surface area is 112 Å². The van der Waals surface area contributed by atoms with E-state index in [1.165, 1.54) is 10.4 Å². The zero-order valence-electron chi connectivity index (χ0n) is 8.76. The van der Waals surface area contributed by atoms with Gasteiger partial charge >= 0.3 is 0 Å². The summed E-state index contributed by atoms with van der Waals surface area (Å²) in [6, 6.07) is 9.94. The highest BCUT2D eigenvalue weighted by atomic mass is 35.5. The van der Waals surface area contributed by atoms with Crippen molar-refractivity contribution in [3.05, 3.63) is 52.3 Å². The molecule has 2 heterocycles. The maximum absolute atomic E-state index is 5.87. The number of nitrogens with zero attached hydrogens (tertiary/aromatic N) is 1. The number of hydrogen-bond donors (Lipinski definition) is 0. The lowest BCUT2D eigenvalue weighted by Crippen LogP contribution is -1.70. The van der Waals surface area contributed by atoms with Crippen molar-refractivity contribution in [2.45, 2.75) is 0 Å². The van der Waals surface area contributed by atoms with Crippen molar-refractivity contribution in [3.8, 4) is 21.0 Å². The quantitative estimate of drug-likeness (QED) is 0.628. The molecule has 0 N–H and O–H groups in total. The van der Waals surface area contributed by atoms with Crippen LogP contribution in [0.2, 0.25) is 5.02 Å². The van der Waals surface area contributed by atoms with Crippen LogP contribution >= 0.6 is 34.3 Å². The zero-order chi connectivity index (χ0) is 11.7. The van der Waals surface area contributed by atoms with Gasteiger partial charge in [-0.05, 0) is 29.1 Å². The Bertz CT molecular complexity index is 611. The molecule has 0 spiro atoms. The van der Waals surface area contributed by atoms with Gasteiger partial charge in [-0.15, -0.1) is 11.3 Å². The number of hydrogen-bond acceptors (Lipinski definition) is 3. The lowest BCUT2D eigenvalue weighted by Gasteiger charge is -1.95. The number of aromatic nitrogens is 1. The van der Waals surface area contributed by atoms with Crippen LogP contribution in [0.15, 0.2) is 47.3 Å². The molecule has 0 bridgehead atoms. The maximum Gasteiger partial charge on any atom is 0.124 e. The monoisotopic (exact) mass is 277 g/mol. The molecule has 0 fully saturated rings. The molecule has 0 atom stereocenters. The summed E-state index contributed by atoms with van der Waals surface area (Å²) in [5, 5.41) is 6.01. The van der Waals surface area contributed by atoms with Crippen LogP contribution in [-0.2, 0) is 0 Å². The topological polar surface area (TPSA) is 12.9 Å². The number of thiazole rings is 1. The van der Waals surface area contributed by atoms with E-state index in [9.17, 15) is 0 Å². The van der Waals surface area contributed by atoms with E-state index < -0.39 is 0 Å². The fraction of sp³-hybridized carbons (Fsp3) is 0. The molecule has 2 aromatic heterocycles. The van der Waals surface area contributed by atoms with Gasteiger partial charge in [0, 0.05) is 22.2 Å².